The normalized spacial score (nSPS) is 19.5. The fourth-order valence-electron chi connectivity index (χ4n) is 3.54. The maximum Gasteiger partial charge on any atom is 0.419 e. The molecule has 1 N–H and O–H groups in total. The molecule has 6 nitrogen and oxygen atoms in total. The number of nitrogens with zero attached hydrogens (tertiary/aromatic N) is 2. The Bertz CT molecular complexity index is 1190. The smallest absolute Gasteiger partial charge is 0.308 e. The van der Waals surface area contributed by atoms with Crippen molar-refractivity contribution in [3.05, 3.63) is 51.1 Å². The van der Waals surface area contributed by atoms with E-state index in [4.69, 9.17) is 0 Å². The molecular weight excluding hydrogens is 526 g/mol. The number of carbonyl (C=O) groups excluding carboxylic acids is 1. The Morgan fingerprint density at radius 1 is 1.16 bits per heavy atom. The molecule has 1 aromatic heterocycles. The van der Waals surface area contributed by atoms with Crippen LogP contribution < -0.4 is 5.32 Å². The zero-order chi connectivity index (χ0) is 22.6. The standard InChI is InChI=1S/C18H14BrF4N3O3S2/c19-13-3-4-14(30-13)31(28,29)26-7-5-17(6-8-26)16(27)24-15(25-17)10-1-2-12(20)11(9-10)18(21,22)23/h1-4,9H,5-8H2,(H,24,25,27). The Labute approximate surface area is 187 Å². The van der Waals surface area contributed by atoms with Crippen LogP contribution in [0.15, 0.2) is 43.3 Å². The number of sulfonamides is 1. The summed E-state index contributed by atoms with van der Waals surface area (Å²) in [5.74, 6) is -2.03. The van der Waals surface area contributed by atoms with E-state index in [1.165, 1.54) is 10.4 Å². The molecule has 1 saturated heterocycles. The zero-order valence-corrected chi connectivity index (χ0v) is 18.8. The Morgan fingerprint density at radius 2 is 1.84 bits per heavy atom. The van der Waals surface area contributed by atoms with E-state index in [1.807, 2.05) is 0 Å². The number of benzene rings is 1. The molecule has 4 rings (SSSR count). The number of piperidine rings is 1. The van der Waals surface area contributed by atoms with E-state index in [1.54, 1.807) is 6.07 Å². The first-order valence-corrected chi connectivity index (χ1v) is 12.0. The van der Waals surface area contributed by atoms with Crippen molar-refractivity contribution < 1.29 is 30.8 Å². The summed E-state index contributed by atoms with van der Waals surface area (Å²) in [6.45, 7) is 0.0541. The second-order valence-electron chi connectivity index (χ2n) is 7.10. The van der Waals surface area contributed by atoms with Crippen LogP contribution in [0.5, 0.6) is 0 Å². The van der Waals surface area contributed by atoms with Crippen LogP contribution in [-0.2, 0) is 21.0 Å². The SMILES string of the molecule is O=C1NC(c2ccc(F)c(C(F)(F)F)c2)=NC12CCN(S(=O)(=O)c1ccc(Br)s1)CC2. The van der Waals surface area contributed by atoms with Gasteiger partial charge in [-0.3, -0.25) is 9.79 Å². The van der Waals surface area contributed by atoms with E-state index < -0.39 is 39.0 Å². The monoisotopic (exact) mass is 539 g/mol. The largest absolute Gasteiger partial charge is 0.419 e. The highest BCUT2D eigenvalue weighted by Gasteiger charge is 2.48. The molecule has 0 bridgehead atoms. The number of aliphatic imine (C=N–C) groups is 1. The van der Waals surface area contributed by atoms with Gasteiger partial charge in [0.15, 0.2) is 0 Å². The van der Waals surface area contributed by atoms with Gasteiger partial charge in [0.2, 0.25) is 0 Å². The molecule has 166 valence electrons. The van der Waals surface area contributed by atoms with Gasteiger partial charge >= 0.3 is 6.18 Å². The minimum absolute atomic E-state index is 0.0271. The second kappa shape index (κ2) is 7.64. The molecule has 2 aliphatic heterocycles. The summed E-state index contributed by atoms with van der Waals surface area (Å²) in [5, 5.41) is 2.47. The molecule has 1 amide bonds. The lowest BCUT2D eigenvalue weighted by atomic mass is 9.89. The van der Waals surface area contributed by atoms with Crippen molar-refractivity contribution >= 4 is 49.0 Å². The van der Waals surface area contributed by atoms with Crippen molar-refractivity contribution in [1.82, 2.24) is 9.62 Å². The molecular formula is C18H14BrF4N3O3S2. The van der Waals surface area contributed by atoms with Crippen LogP contribution in [-0.4, -0.2) is 43.1 Å². The quantitative estimate of drug-likeness (QED) is 0.603. The fraction of sp³-hybridized carbons (Fsp3) is 0.333. The van der Waals surface area contributed by atoms with E-state index in [0.717, 1.165) is 17.4 Å². The Kier molecular flexibility index (Phi) is 5.51. The lowest BCUT2D eigenvalue weighted by Gasteiger charge is -2.34. The number of thiophene rings is 1. The predicted octanol–water partition coefficient (Wildman–Crippen LogP) is 3.77. The summed E-state index contributed by atoms with van der Waals surface area (Å²) >= 11 is 4.30. The van der Waals surface area contributed by atoms with Crippen molar-refractivity contribution in [3.8, 4) is 0 Å². The first-order valence-electron chi connectivity index (χ1n) is 8.96. The van der Waals surface area contributed by atoms with Gasteiger partial charge in [0, 0.05) is 18.7 Å². The van der Waals surface area contributed by atoms with Crippen LogP contribution >= 0.6 is 27.3 Å². The van der Waals surface area contributed by atoms with Crippen molar-refractivity contribution in [2.45, 2.75) is 28.8 Å². The summed E-state index contributed by atoms with van der Waals surface area (Å²) in [4.78, 5) is 16.9. The minimum Gasteiger partial charge on any atom is -0.308 e. The number of nitrogens with one attached hydrogen (secondary N) is 1. The number of alkyl halides is 3. The van der Waals surface area contributed by atoms with Gasteiger partial charge < -0.3 is 5.32 Å². The maximum atomic E-state index is 13.6. The molecule has 1 spiro atoms. The molecule has 0 unspecified atom stereocenters. The topological polar surface area (TPSA) is 78.8 Å². The number of hydrogen-bond donors (Lipinski definition) is 1. The van der Waals surface area contributed by atoms with Gasteiger partial charge in [0.1, 0.15) is 21.4 Å². The third-order valence-corrected chi connectivity index (χ3v) is 9.21. The average molecular weight is 540 g/mol. The lowest BCUT2D eigenvalue weighted by molar-refractivity contribution is -0.140. The summed E-state index contributed by atoms with van der Waals surface area (Å²) < 4.78 is 80.2. The number of hydrogen-bond acceptors (Lipinski definition) is 5. The molecule has 2 aromatic rings. The third-order valence-electron chi connectivity index (χ3n) is 5.22. The molecule has 0 aliphatic carbocycles. The molecule has 0 saturated carbocycles. The first kappa shape index (κ1) is 22.4. The van der Waals surface area contributed by atoms with Crippen molar-refractivity contribution in [1.29, 1.82) is 0 Å². The van der Waals surface area contributed by atoms with Crippen molar-refractivity contribution in [3.63, 3.8) is 0 Å². The molecule has 1 aromatic carbocycles. The van der Waals surface area contributed by atoms with Gasteiger partial charge in [-0.05, 0) is 59.1 Å². The second-order valence-corrected chi connectivity index (χ2v) is 11.7. The van der Waals surface area contributed by atoms with Crippen LogP contribution in [0.3, 0.4) is 0 Å². The highest BCUT2D eigenvalue weighted by atomic mass is 79.9. The van der Waals surface area contributed by atoms with Crippen molar-refractivity contribution in [2.24, 2.45) is 4.99 Å². The third kappa shape index (κ3) is 4.03. The molecule has 13 heteroatoms. The van der Waals surface area contributed by atoms with Gasteiger partial charge in [-0.25, -0.2) is 12.8 Å². The highest BCUT2D eigenvalue weighted by molar-refractivity contribution is 9.11. The van der Waals surface area contributed by atoms with Crippen LogP contribution in [0.25, 0.3) is 0 Å². The number of halogens is 5. The number of amides is 1. The van der Waals surface area contributed by atoms with Gasteiger partial charge in [0.25, 0.3) is 15.9 Å². The summed E-state index contributed by atoms with van der Waals surface area (Å²) in [7, 11) is -3.72. The fourth-order valence-corrected chi connectivity index (χ4v) is 7.15. The van der Waals surface area contributed by atoms with Crippen LogP contribution in [0.1, 0.15) is 24.0 Å². The van der Waals surface area contributed by atoms with Gasteiger partial charge in [0.05, 0.1) is 9.35 Å². The molecule has 0 radical (unpaired) electrons. The number of amidine groups is 1. The first-order chi connectivity index (χ1) is 14.4. The predicted molar refractivity (Wildman–Crippen MR) is 109 cm³/mol. The van der Waals surface area contributed by atoms with Crippen LogP contribution in [0.2, 0.25) is 0 Å². The average Bonchev–Trinajstić information content (AvgIpc) is 3.26. The lowest BCUT2D eigenvalue weighted by Crippen LogP contribution is -2.50. The zero-order valence-electron chi connectivity index (χ0n) is 15.5. The minimum atomic E-state index is -4.89. The van der Waals surface area contributed by atoms with E-state index in [0.29, 0.717) is 15.9 Å². The van der Waals surface area contributed by atoms with Crippen LogP contribution in [0.4, 0.5) is 17.6 Å². The molecule has 1 fully saturated rings. The Morgan fingerprint density at radius 3 is 2.42 bits per heavy atom. The highest BCUT2D eigenvalue weighted by Crippen LogP contribution is 2.36. The van der Waals surface area contributed by atoms with Gasteiger partial charge in [-0.2, -0.15) is 17.5 Å². The van der Waals surface area contributed by atoms with E-state index in [2.05, 4.69) is 26.2 Å². The molecule has 0 atom stereocenters. The van der Waals surface area contributed by atoms with E-state index in [-0.39, 0.29) is 41.5 Å². The number of rotatable bonds is 3. The molecule has 2 aliphatic rings. The maximum absolute atomic E-state index is 13.6. The molecule has 31 heavy (non-hydrogen) atoms. The van der Waals surface area contributed by atoms with Gasteiger partial charge in [-0.1, -0.05) is 0 Å². The van der Waals surface area contributed by atoms with E-state index >= 15 is 0 Å². The summed E-state index contributed by atoms with van der Waals surface area (Å²) in [6.07, 6.45) is -4.75. The molecule has 3 heterocycles. The Balaban J connectivity index is 1.57. The van der Waals surface area contributed by atoms with Gasteiger partial charge in [-0.15, -0.1) is 11.3 Å². The summed E-state index contributed by atoms with van der Waals surface area (Å²) in [5.41, 5.74) is -2.80. The van der Waals surface area contributed by atoms with Crippen molar-refractivity contribution in [2.75, 3.05) is 13.1 Å². The number of carbonyl (C=O) groups is 1. The Hall–Kier alpha value is -1.83. The van der Waals surface area contributed by atoms with Crippen LogP contribution in [0, 0.1) is 5.82 Å². The summed E-state index contributed by atoms with van der Waals surface area (Å²) in [6, 6.07) is 5.49. The van der Waals surface area contributed by atoms with E-state index in [9.17, 15) is 30.8 Å².